The zero-order valence-corrected chi connectivity index (χ0v) is 10.4. The SMILES string of the molecule is O=Cc1ccc(S(=O)(=O)N2CC3CCC(C2)O3)o1. The number of nitrogens with zero attached hydrogens (tertiary/aromatic N) is 1. The Labute approximate surface area is 105 Å². The maximum absolute atomic E-state index is 12.3. The summed E-state index contributed by atoms with van der Waals surface area (Å²) >= 11 is 0. The molecule has 0 radical (unpaired) electrons. The van der Waals surface area contributed by atoms with Gasteiger partial charge >= 0.3 is 0 Å². The smallest absolute Gasteiger partial charge is 0.276 e. The van der Waals surface area contributed by atoms with Gasteiger partial charge in [0.05, 0.1) is 12.2 Å². The van der Waals surface area contributed by atoms with E-state index < -0.39 is 10.0 Å². The number of carbonyl (C=O) groups is 1. The van der Waals surface area contributed by atoms with Crippen molar-refractivity contribution in [2.45, 2.75) is 30.1 Å². The van der Waals surface area contributed by atoms with E-state index >= 15 is 0 Å². The summed E-state index contributed by atoms with van der Waals surface area (Å²) < 4.78 is 36.6. The van der Waals surface area contributed by atoms with Crippen LogP contribution in [0.15, 0.2) is 21.6 Å². The lowest BCUT2D eigenvalue weighted by atomic mass is 10.2. The van der Waals surface area contributed by atoms with Gasteiger partial charge in [-0.15, -0.1) is 0 Å². The number of sulfonamides is 1. The van der Waals surface area contributed by atoms with Crippen LogP contribution in [0.3, 0.4) is 0 Å². The number of aldehydes is 1. The van der Waals surface area contributed by atoms with Crippen LogP contribution in [0.5, 0.6) is 0 Å². The molecule has 2 fully saturated rings. The first-order valence-electron chi connectivity index (χ1n) is 5.80. The number of hydrogen-bond acceptors (Lipinski definition) is 5. The molecule has 3 rings (SSSR count). The number of morpholine rings is 1. The van der Waals surface area contributed by atoms with Gasteiger partial charge in [0.1, 0.15) is 0 Å². The Kier molecular flexibility index (Phi) is 2.76. The Morgan fingerprint density at radius 1 is 1.22 bits per heavy atom. The van der Waals surface area contributed by atoms with Gasteiger partial charge in [0.25, 0.3) is 10.0 Å². The Morgan fingerprint density at radius 2 is 1.89 bits per heavy atom. The van der Waals surface area contributed by atoms with Crippen molar-refractivity contribution in [2.75, 3.05) is 13.1 Å². The van der Waals surface area contributed by atoms with E-state index in [9.17, 15) is 13.2 Å². The maximum atomic E-state index is 12.3. The van der Waals surface area contributed by atoms with Crippen molar-refractivity contribution in [3.63, 3.8) is 0 Å². The predicted molar refractivity (Wildman–Crippen MR) is 60.7 cm³/mol. The second kappa shape index (κ2) is 4.18. The summed E-state index contributed by atoms with van der Waals surface area (Å²) in [4.78, 5) is 10.5. The molecule has 7 heteroatoms. The van der Waals surface area contributed by atoms with Crippen LogP contribution in [0.4, 0.5) is 0 Å². The molecule has 6 nitrogen and oxygen atoms in total. The van der Waals surface area contributed by atoms with Crippen LogP contribution >= 0.6 is 0 Å². The average Bonchev–Trinajstić information content (AvgIpc) is 2.96. The number of rotatable bonds is 3. The molecule has 98 valence electrons. The molecule has 1 aromatic rings. The molecule has 2 aliphatic heterocycles. The predicted octanol–water partition coefficient (Wildman–Crippen LogP) is 0.644. The van der Waals surface area contributed by atoms with Crippen molar-refractivity contribution < 1.29 is 22.4 Å². The first-order chi connectivity index (χ1) is 8.59. The van der Waals surface area contributed by atoms with E-state index in [1.54, 1.807) is 0 Å². The molecular formula is C11H13NO5S. The van der Waals surface area contributed by atoms with E-state index in [2.05, 4.69) is 0 Å². The monoisotopic (exact) mass is 271 g/mol. The maximum Gasteiger partial charge on any atom is 0.276 e. The normalized spacial score (nSPS) is 28.4. The van der Waals surface area contributed by atoms with Crippen LogP contribution in [0, 0.1) is 0 Å². The van der Waals surface area contributed by atoms with Crippen molar-refractivity contribution in [3.05, 3.63) is 17.9 Å². The van der Waals surface area contributed by atoms with Gasteiger partial charge in [0.2, 0.25) is 5.09 Å². The number of carbonyl (C=O) groups excluding carboxylic acids is 1. The van der Waals surface area contributed by atoms with E-state index in [0.29, 0.717) is 19.4 Å². The van der Waals surface area contributed by atoms with Gasteiger partial charge in [-0.3, -0.25) is 4.79 Å². The molecule has 18 heavy (non-hydrogen) atoms. The van der Waals surface area contributed by atoms with Gasteiger partial charge in [0.15, 0.2) is 12.0 Å². The fraction of sp³-hybridized carbons (Fsp3) is 0.545. The van der Waals surface area contributed by atoms with Crippen molar-refractivity contribution in [1.29, 1.82) is 0 Å². The van der Waals surface area contributed by atoms with Crippen molar-refractivity contribution >= 4 is 16.3 Å². The summed E-state index contributed by atoms with van der Waals surface area (Å²) in [6, 6.07) is 2.67. The van der Waals surface area contributed by atoms with Gasteiger partial charge in [-0.05, 0) is 25.0 Å². The molecule has 0 aliphatic carbocycles. The topological polar surface area (TPSA) is 76.8 Å². The number of ether oxygens (including phenoxy) is 1. The lowest BCUT2D eigenvalue weighted by Crippen LogP contribution is -2.45. The van der Waals surface area contributed by atoms with Crippen LogP contribution < -0.4 is 0 Å². The molecular weight excluding hydrogens is 258 g/mol. The molecule has 2 bridgehead atoms. The second-order valence-corrected chi connectivity index (χ2v) is 6.42. The summed E-state index contributed by atoms with van der Waals surface area (Å²) in [6.45, 7) is 0.714. The minimum Gasteiger partial charge on any atom is -0.440 e. The highest BCUT2D eigenvalue weighted by molar-refractivity contribution is 7.89. The summed E-state index contributed by atoms with van der Waals surface area (Å²) in [5.41, 5.74) is 0. The molecule has 2 aliphatic rings. The van der Waals surface area contributed by atoms with E-state index in [4.69, 9.17) is 9.15 Å². The molecule has 2 saturated heterocycles. The van der Waals surface area contributed by atoms with Gasteiger partial charge < -0.3 is 9.15 Å². The van der Waals surface area contributed by atoms with Crippen LogP contribution in [0.2, 0.25) is 0 Å². The Balaban J connectivity index is 1.88. The quantitative estimate of drug-likeness (QED) is 0.754. The summed E-state index contributed by atoms with van der Waals surface area (Å²) in [7, 11) is -3.65. The molecule has 1 aromatic heterocycles. The van der Waals surface area contributed by atoms with Crippen LogP contribution in [0.25, 0.3) is 0 Å². The van der Waals surface area contributed by atoms with Crippen LogP contribution in [-0.4, -0.2) is 44.3 Å². The van der Waals surface area contributed by atoms with Crippen LogP contribution in [0.1, 0.15) is 23.4 Å². The van der Waals surface area contributed by atoms with Gasteiger partial charge in [-0.2, -0.15) is 4.31 Å². The summed E-state index contributed by atoms with van der Waals surface area (Å²) in [5.74, 6) is 0.0183. The van der Waals surface area contributed by atoms with E-state index in [1.807, 2.05) is 0 Å². The van der Waals surface area contributed by atoms with E-state index in [0.717, 1.165) is 12.8 Å². The van der Waals surface area contributed by atoms with E-state index in [1.165, 1.54) is 16.4 Å². The fourth-order valence-electron chi connectivity index (χ4n) is 2.44. The first kappa shape index (κ1) is 11.9. The van der Waals surface area contributed by atoms with Crippen molar-refractivity contribution in [1.82, 2.24) is 4.31 Å². The van der Waals surface area contributed by atoms with Gasteiger partial charge in [-0.1, -0.05) is 0 Å². The minimum atomic E-state index is -3.65. The molecule has 0 amide bonds. The zero-order valence-electron chi connectivity index (χ0n) is 9.61. The third-order valence-corrected chi connectivity index (χ3v) is 5.03. The summed E-state index contributed by atoms with van der Waals surface area (Å²) in [5, 5.41) is -0.175. The molecule has 2 atom stereocenters. The molecule has 0 aromatic carbocycles. The molecule has 0 N–H and O–H groups in total. The fourth-order valence-corrected chi connectivity index (χ4v) is 3.86. The first-order valence-corrected chi connectivity index (χ1v) is 7.24. The third kappa shape index (κ3) is 1.88. The molecule has 3 heterocycles. The van der Waals surface area contributed by atoms with E-state index in [-0.39, 0.29) is 23.1 Å². The largest absolute Gasteiger partial charge is 0.440 e. The lowest BCUT2D eigenvalue weighted by Gasteiger charge is -2.30. The lowest BCUT2D eigenvalue weighted by molar-refractivity contribution is -0.0118. The highest BCUT2D eigenvalue weighted by atomic mass is 32.2. The van der Waals surface area contributed by atoms with Gasteiger partial charge in [0, 0.05) is 13.1 Å². The number of fused-ring (bicyclic) bond motifs is 2. The third-order valence-electron chi connectivity index (χ3n) is 3.32. The Bertz CT molecular complexity index is 552. The second-order valence-electron chi connectivity index (χ2n) is 4.55. The van der Waals surface area contributed by atoms with Gasteiger partial charge in [-0.25, -0.2) is 8.42 Å². The highest BCUT2D eigenvalue weighted by Gasteiger charge is 2.40. The molecule has 2 unspecified atom stereocenters. The number of furan rings is 1. The zero-order chi connectivity index (χ0) is 12.8. The number of hydrogen-bond donors (Lipinski definition) is 0. The van der Waals surface area contributed by atoms with Crippen LogP contribution in [-0.2, 0) is 14.8 Å². The minimum absolute atomic E-state index is 0.0148. The standard InChI is InChI=1S/C11H13NO5S/c13-7-10-3-4-11(17-10)18(14,15)12-5-8-1-2-9(6-12)16-8/h3-4,7-9H,1-2,5-6H2. The average molecular weight is 271 g/mol. The highest BCUT2D eigenvalue weighted by Crippen LogP contribution is 2.30. The van der Waals surface area contributed by atoms with Crippen molar-refractivity contribution in [2.24, 2.45) is 0 Å². The molecule has 0 spiro atoms. The molecule has 0 saturated carbocycles. The summed E-state index contributed by atoms with van der Waals surface area (Å²) in [6.07, 6.45) is 2.25. The Morgan fingerprint density at radius 3 is 2.44 bits per heavy atom. The Hall–Kier alpha value is -1.18. The van der Waals surface area contributed by atoms with Crippen molar-refractivity contribution in [3.8, 4) is 0 Å².